The molecule has 0 saturated carbocycles. The van der Waals surface area contributed by atoms with Crippen LogP contribution in [0.15, 0.2) is 54.5 Å². The number of nitrogens with zero attached hydrogens (tertiary/aromatic N) is 2. The molecule has 0 bridgehead atoms. The van der Waals surface area contributed by atoms with Gasteiger partial charge in [-0.25, -0.2) is 0 Å². The molecule has 0 atom stereocenters. The molecule has 3 rings (SSSR count). The van der Waals surface area contributed by atoms with Crippen molar-refractivity contribution in [2.75, 3.05) is 13.1 Å². The smallest absolute Gasteiger partial charge is 0.270 e. The first-order valence-corrected chi connectivity index (χ1v) is 8.92. The molecule has 0 spiro atoms. The van der Waals surface area contributed by atoms with Crippen molar-refractivity contribution in [3.8, 4) is 0 Å². The van der Waals surface area contributed by atoms with E-state index in [4.69, 9.17) is 0 Å². The molecule has 2 amide bonds. The fourth-order valence-electron chi connectivity index (χ4n) is 2.95. The molecule has 1 N–H and O–H groups in total. The van der Waals surface area contributed by atoms with E-state index in [0.717, 1.165) is 43.5 Å². The molecule has 1 saturated heterocycles. The molecule has 0 aliphatic carbocycles. The third kappa shape index (κ3) is 4.57. The Bertz CT molecular complexity index is 792. The third-order valence-corrected chi connectivity index (χ3v) is 4.43. The van der Waals surface area contributed by atoms with Crippen LogP contribution in [0.5, 0.6) is 0 Å². The minimum Gasteiger partial charge on any atom is -0.337 e. The zero-order valence-electron chi connectivity index (χ0n) is 14.9. The molecule has 0 unspecified atom stereocenters. The second kappa shape index (κ2) is 8.43. The van der Waals surface area contributed by atoms with Crippen molar-refractivity contribution in [3.63, 3.8) is 0 Å². The maximum Gasteiger partial charge on any atom is 0.270 e. The lowest BCUT2D eigenvalue weighted by molar-refractivity contribution is -0.128. The summed E-state index contributed by atoms with van der Waals surface area (Å²) in [6.45, 7) is 3.42. The van der Waals surface area contributed by atoms with Gasteiger partial charge in [-0.2, -0.15) is 0 Å². The van der Waals surface area contributed by atoms with Crippen LogP contribution in [0.4, 0.5) is 0 Å². The molecule has 26 heavy (non-hydrogen) atoms. The van der Waals surface area contributed by atoms with E-state index in [2.05, 4.69) is 10.3 Å². The van der Waals surface area contributed by atoms with Crippen LogP contribution in [0, 0.1) is 6.92 Å². The normalized spacial score (nSPS) is 14.8. The van der Waals surface area contributed by atoms with Gasteiger partial charge in [-0.3, -0.25) is 14.6 Å². The van der Waals surface area contributed by atoms with E-state index in [-0.39, 0.29) is 17.5 Å². The van der Waals surface area contributed by atoms with E-state index in [1.54, 1.807) is 41.6 Å². The summed E-state index contributed by atoms with van der Waals surface area (Å²) < 4.78 is 0. The molecule has 1 aromatic heterocycles. The highest BCUT2D eigenvalue weighted by Gasteiger charge is 2.22. The molecular formula is C21H23N3O2. The van der Waals surface area contributed by atoms with Crippen LogP contribution < -0.4 is 5.32 Å². The van der Waals surface area contributed by atoms with Crippen molar-refractivity contribution in [2.45, 2.75) is 26.2 Å². The van der Waals surface area contributed by atoms with E-state index < -0.39 is 0 Å². The van der Waals surface area contributed by atoms with Gasteiger partial charge in [-0.1, -0.05) is 23.8 Å². The number of benzene rings is 1. The zero-order chi connectivity index (χ0) is 18.4. The molecule has 2 heterocycles. The number of rotatable bonds is 4. The number of likely N-dealkylation sites (tertiary alicyclic amines) is 1. The zero-order valence-corrected chi connectivity index (χ0v) is 14.9. The summed E-state index contributed by atoms with van der Waals surface area (Å²) in [7, 11) is 0. The van der Waals surface area contributed by atoms with Crippen LogP contribution >= 0.6 is 0 Å². The van der Waals surface area contributed by atoms with E-state index in [9.17, 15) is 9.59 Å². The minimum absolute atomic E-state index is 0.144. The van der Waals surface area contributed by atoms with Crippen molar-refractivity contribution in [2.24, 2.45) is 0 Å². The van der Waals surface area contributed by atoms with Crippen molar-refractivity contribution in [1.82, 2.24) is 15.2 Å². The van der Waals surface area contributed by atoms with Crippen LogP contribution in [-0.2, 0) is 4.79 Å². The highest BCUT2D eigenvalue weighted by Crippen LogP contribution is 2.14. The van der Waals surface area contributed by atoms with Gasteiger partial charge in [0.15, 0.2) is 0 Å². The number of aromatic nitrogens is 1. The van der Waals surface area contributed by atoms with Crippen LogP contribution in [-0.4, -0.2) is 34.8 Å². The van der Waals surface area contributed by atoms with Gasteiger partial charge in [0.05, 0.1) is 0 Å². The average Bonchev–Trinajstić information content (AvgIpc) is 2.69. The molecule has 0 radical (unpaired) electrons. The molecule has 5 heteroatoms. The standard InChI is InChI=1S/C21H23N3O2/c1-16-7-9-18(10-8-16)20(25)23-19(14-17-6-5-11-22-15-17)21(26)24-12-3-2-4-13-24/h5-11,14-15H,2-4,12-13H2,1H3,(H,23,25)/b19-14-. The maximum atomic E-state index is 12.9. The molecule has 2 aromatic rings. The van der Waals surface area contributed by atoms with Crippen molar-refractivity contribution in [3.05, 3.63) is 71.2 Å². The predicted octanol–water partition coefficient (Wildman–Crippen LogP) is 3.17. The Morgan fingerprint density at radius 3 is 2.46 bits per heavy atom. The summed E-state index contributed by atoms with van der Waals surface area (Å²) in [5.74, 6) is -0.431. The molecule has 134 valence electrons. The lowest BCUT2D eigenvalue weighted by Crippen LogP contribution is -2.41. The first-order valence-electron chi connectivity index (χ1n) is 8.92. The molecule has 1 fully saturated rings. The number of carbonyl (C=O) groups excluding carboxylic acids is 2. The minimum atomic E-state index is -0.287. The van der Waals surface area contributed by atoms with Crippen LogP contribution in [0.2, 0.25) is 0 Å². The average molecular weight is 349 g/mol. The van der Waals surface area contributed by atoms with Gasteiger partial charge in [0.2, 0.25) is 0 Å². The summed E-state index contributed by atoms with van der Waals surface area (Å²) in [5.41, 5.74) is 2.67. The Balaban J connectivity index is 1.84. The maximum absolute atomic E-state index is 12.9. The number of piperidine rings is 1. The Labute approximate surface area is 153 Å². The van der Waals surface area contributed by atoms with Gasteiger partial charge in [-0.05, 0) is 56.0 Å². The van der Waals surface area contributed by atoms with E-state index in [1.807, 2.05) is 25.1 Å². The SMILES string of the molecule is Cc1ccc(C(=O)N/C(=C\c2cccnc2)C(=O)N2CCCCC2)cc1. The number of nitrogens with one attached hydrogen (secondary N) is 1. The Hall–Kier alpha value is -2.95. The summed E-state index contributed by atoms with van der Waals surface area (Å²) in [4.78, 5) is 31.4. The fourth-order valence-corrected chi connectivity index (χ4v) is 2.95. The van der Waals surface area contributed by atoms with Gasteiger partial charge in [0.1, 0.15) is 5.70 Å². The summed E-state index contributed by atoms with van der Waals surface area (Å²) >= 11 is 0. The molecule has 1 aliphatic heterocycles. The second-order valence-corrected chi connectivity index (χ2v) is 6.52. The van der Waals surface area contributed by atoms with Gasteiger partial charge < -0.3 is 10.2 Å². The summed E-state index contributed by atoms with van der Waals surface area (Å²) in [6.07, 6.45) is 8.17. The van der Waals surface area contributed by atoms with Crippen LogP contribution in [0.3, 0.4) is 0 Å². The highest BCUT2D eigenvalue weighted by atomic mass is 16.2. The lowest BCUT2D eigenvalue weighted by Gasteiger charge is -2.27. The van der Waals surface area contributed by atoms with Gasteiger partial charge in [-0.15, -0.1) is 0 Å². The van der Waals surface area contributed by atoms with Crippen LogP contribution in [0.1, 0.15) is 40.7 Å². The number of amides is 2. The van der Waals surface area contributed by atoms with Gasteiger partial charge in [0.25, 0.3) is 11.8 Å². The summed E-state index contributed by atoms with van der Waals surface area (Å²) in [6, 6.07) is 10.9. The first kappa shape index (κ1) is 17.9. The van der Waals surface area contributed by atoms with Crippen molar-refractivity contribution < 1.29 is 9.59 Å². The largest absolute Gasteiger partial charge is 0.337 e. The fraction of sp³-hybridized carbons (Fsp3) is 0.286. The Kier molecular flexibility index (Phi) is 5.79. The number of hydrogen-bond acceptors (Lipinski definition) is 3. The first-order chi connectivity index (χ1) is 12.6. The Morgan fingerprint density at radius 1 is 1.08 bits per heavy atom. The van der Waals surface area contributed by atoms with E-state index >= 15 is 0 Å². The van der Waals surface area contributed by atoms with Crippen molar-refractivity contribution in [1.29, 1.82) is 0 Å². The monoisotopic (exact) mass is 349 g/mol. The van der Waals surface area contributed by atoms with E-state index in [0.29, 0.717) is 5.56 Å². The molecule has 1 aromatic carbocycles. The quantitative estimate of drug-likeness (QED) is 0.863. The Morgan fingerprint density at radius 2 is 1.81 bits per heavy atom. The highest BCUT2D eigenvalue weighted by molar-refractivity contribution is 6.05. The summed E-state index contributed by atoms with van der Waals surface area (Å²) in [5, 5.41) is 2.80. The second-order valence-electron chi connectivity index (χ2n) is 6.52. The number of hydrogen-bond donors (Lipinski definition) is 1. The van der Waals surface area contributed by atoms with Gasteiger partial charge >= 0.3 is 0 Å². The molecule has 5 nitrogen and oxygen atoms in total. The van der Waals surface area contributed by atoms with E-state index in [1.165, 1.54) is 0 Å². The van der Waals surface area contributed by atoms with Gasteiger partial charge in [0, 0.05) is 31.0 Å². The topological polar surface area (TPSA) is 62.3 Å². The third-order valence-electron chi connectivity index (χ3n) is 4.43. The number of pyridine rings is 1. The van der Waals surface area contributed by atoms with Crippen LogP contribution in [0.25, 0.3) is 6.08 Å². The molecule has 1 aliphatic rings. The molecular weight excluding hydrogens is 326 g/mol. The lowest BCUT2D eigenvalue weighted by atomic mass is 10.1. The number of aryl methyl sites for hydroxylation is 1. The van der Waals surface area contributed by atoms with Crippen molar-refractivity contribution >= 4 is 17.9 Å². The predicted molar refractivity (Wildman–Crippen MR) is 101 cm³/mol. The number of carbonyl (C=O) groups is 2.